The molecule has 0 bridgehead atoms. The van der Waals surface area contributed by atoms with E-state index in [1.165, 1.54) is 0 Å². The van der Waals surface area contributed by atoms with Gasteiger partial charge in [-0.3, -0.25) is 4.98 Å². The highest BCUT2D eigenvalue weighted by atomic mass is 16.3. The van der Waals surface area contributed by atoms with Crippen molar-refractivity contribution in [2.45, 2.75) is 24.9 Å². The normalized spacial score (nSPS) is 20.4. The summed E-state index contributed by atoms with van der Waals surface area (Å²) in [5.41, 5.74) is 5.57. The van der Waals surface area contributed by atoms with E-state index in [1.807, 2.05) is 18.2 Å². The fraction of sp³-hybridized carbons (Fsp3) is 0.615. The van der Waals surface area contributed by atoms with Crippen molar-refractivity contribution in [3.8, 4) is 0 Å². The molecule has 3 N–H and O–H groups in total. The zero-order valence-electron chi connectivity index (χ0n) is 10.2. The highest BCUT2D eigenvalue weighted by molar-refractivity contribution is 5.14. The number of nitrogens with two attached hydrogens (primary N) is 1. The zero-order chi connectivity index (χ0) is 12.1. The predicted molar refractivity (Wildman–Crippen MR) is 67.5 cm³/mol. The zero-order valence-corrected chi connectivity index (χ0v) is 10.2. The van der Waals surface area contributed by atoms with E-state index in [9.17, 15) is 5.11 Å². The summed E-state index contributed by atoms with van der Waals surface area (Å²) in [6.07, 6.45) is 4.29. The number of pyridine rings is 1. The summed E-state index contributed by atoms with van der Waals surface area (Å²) in [5, 5.41) is 10.6. The number of rotatable bonds is 4. The van der Waals surface area contributed by atoms with Crippen LogP contribution < -0.4 is 5.73 Å². The minimum atomic E-state index is -0.736. The van der Waals surface area contributed by atoms with Gasteiger partial charge in [0.1, 0.15) is 5.60 Å². The highest BCUT2D eigenvalue weighted by Crippen LogP contribution is 2.31. The molecule has 0 amide bonds. The second kappa shape index (κ2) is 5.58. The maximum Gasteiger partial charge on any atom is 0.109 e. The lowest BCUT2D eigenvalue weighted by atomic mass is 9.88. The number of hydrogen-bond donors (Lipinski definition) is 2. The van der Waals surface area contributed by atoms with E-state index < -0.39 is 5.60 Å². The van der Waals surface area contributed by atoms with Crippen LogP contribution in [0.1, 0.15) is 25.0 Å². The summed E-state index contributed by atoms with van der Waals surface area (Å²) >= 11 is 0. The molecular formula is C13H21N3O. The molecule has 1 aromatic heterocycles. The minimum Gasteiger partial charge on any atom is -0.383 e. The molecule has 2 rings (SSSR count). The van der Waals surface area contributed by atoms with Crippen LogP contribution in [0, 0.1) is 0 Å². The fourth-order valence-electron chi connectivity index (χ4n) is 2.36. The largest absolute Gasteiger partial charge is 0.383 e. The summed E-state index contributed by atoms with van der Waals surface area (Å²) < 4.78 is 0. The van der Waals surface area contributed by atoms with Crippen molar-refractivity contribution in [3.05, 3.63) is 30.1 Å². The first kappa shape index (κ1) is 12.5. The van der Waals surface area contributed by atoms with Gasteiger partial charge in [-0.25, -0.2) is 0 Å². The molecule has 1 saturated heterocycles. The SMILES string of the molecule is NCCCN1CCC(O)(c2ccccn2)CC1. The van der Waals surface area contributed by atoms with Crippen LogP contribution in [0.2, 0.25) is 0 Å². The van der Waals surface area contributed by atoms with Gasteiger partial charge >= 0.3 is 0 Å². The lowest BCUT2D eigenvalue weighted by Gasteiger charge is -2.37. The molecule has 1 fully saturated rings. The Labute approximate surface area is 102 Å². The van der Waals surface area contributed by atoms with Crippen molar-refractivity contribution >= 4 is 0 Å². The summed E-state index contributed by atoms with van der Waals surface area (Å²) in [7, 11) is 0. The number of aliphatic hydroxyl groups is 1. The number of piperidine rings is 1. The first-order chi connectivity index (χ1) is 8.24. The van der Waals surface area contributed by atoms with Crippen molar-refractivity contribution in [1.82, 2.24) is 9.88 Å². The van der Waals surface area contributed by atoms with Gasteiger partial charge in [0.15, 0.2) is 0 Å². The molecule has 1 aromatic rings. The first-order valence-corrected chi connectivity index (χ1v) is 6.31. The van der Waals surface area contributed by atoms with Gasteiger partial charge in [-0.2, -0.15) is 0 Å². The summed E-state index contributed by atoms with van der Waals surface area (Å²) in [4.78, 5) is 6.64. The number of nitrogens with zero attached hydrogens (tertiary/aromatic N) is 2. The third-order valence-corrected chi connectivity index (χ3v) is 3.50. The number of likely N-dealkylation sites (tertiary alicyclic amines) is 1. The molecule has 1 aliphatic rings. The van der Waals surface area contributed by atoms with E-state index in [0.29, 0.717) is 0 Å². The van der Waals surface area contributed by atoms with Gasteiger partial charge in [-0.1, -0.05) is 6.07 Å². The van der Waals surface area contributed by atoms with E-state index in [0.717, 1.165) is 51.1 Å². The average Bonchev–Trinajstić information content (AvgIpc) is 2.39. The molecule has 0 radical (unpaired) electrons. The molecule has 0 spiro atoms. The van der Waals surface area contributed by atoms with Crippen molar-refractivity contribution in [1.29, 1.82) is 0 Å². The van der Waals surface area contributed by atoms with Crippen molar-refractivity contribution in [2.75, 3.05) is 26.2 Å². The molecule has 2 heterocycles. The Bertz CT molecular complexity index is 334. The Morgan fingerprint density at radius 2 is 2.12 bits per heavy atom. The first-order valence-electron chi connectivity index (χ1n) is 6.31. The lowest BCUT2D eigenvalue weighted by molar-refractivity contribution is -0.0292. The van der Waals surface area contributed by atoms with Crippen LogP contribution in [0.3, 0.4) is 0 Å². The Morgan fingerprint density at radius 3 is 2.71 bits per heavy atom. The average molecular weight is 235 g/mol. The molecule has 0 aliphatic carbocycles. The van der Waals surface area contributed by atoms with Gasteiger partial charge in [0.2, 0.25) is 0 Å². The molecule has 0 aromatic carbocycles. The molecule has 4 heteroatoms. The van der Waals surface area contributed by atoms with Gasteiger partial charge in [0.05, 0.1) is 5.69 Å². The third-order valence-electron chi connectivity index (χ3n) is 3.50. The Hall–Kier alpha value is -0.970. The van der Waals surface area contributed by atoms with Crippen LogP contribution in [0.5, 0.6) is 0 Å². The molecule has 0 unspecified atom stereocenters. The van der Waals surface area contributed by atoms with Crippen molar-refractivity contribution < 1.29 is 5.11 Å². The van der Waals surface area contributed by atoms with E-state index >= 15 is 0 Å². The monoisotopic (exact) mass is 235 g/mol. The predicted octanol–water partition coefficient (Wildman–Crippen LogP) is 0.714. The smallest absolute Gasteiger partial charge is 0.109 e. The third kappa shape index (κ3) is 3.03. The molecule has 17 heavy (non-hydrogen) atoms. The Balaban J connectivity index is 1.93. The van der Waals surface area contributed by atoms with Crippen LogP contribution in [-0.2, 0) is 5.60 Å². The van der Waals surface area contributed by atoms with Gasteiger partial charge in [-0.05, 0) is 44.5 Å². The maximum atomic E-state index is 10.6. The Kier molecular flexibility index (Phi) is 4.10. The lowest BCUT2D eigenvalue weighted by Crippen LogP contribution is -2.43. The van der Waals surface area contributed by atoms with Gasteiger partial charge in [0, 0.05) is 19.3 Å². The van der Waals surface area contributed by atoms with Gasteiger partial charge in [0.25, 0.3) is 0 Å². The number of hydrogen-bond acceptors (Lipinski definition) is 4. The molecule has 94 valence electrons. The fourth-order valence-corrected chi connectivity index (χ4v) is 2.36. The van der Waals surface area contributed by atoms with Crippen LogP contribution in [0.4, 0.5) is 0 Å². The molecule has 0 atom stereocenters. The quantitative estimate of drug-likeness (QED) is 0.807. The second-order valence-electron chi connectivity index (χ2n) is 4.73. The molecular weight excluding hydrogens is 214 g/mol. The summed E-state index contributed by atoms with van der Waals surface area (Å²) in [6, 6.07) is 5.72. The van der Waals surface area contributed by atoms with Crippen LogP contribution in [-0.4, -0.2) is 41.2 Å². The van der Waals surface area contributed by atoms with Gasteiger partial charge in [-0.15, -0.1) is 0 Å². The summed E-state index contributed by atoms with van der Waals surface area (Å²) in [5.74, 6) is 0. The van der Waals surface area contributed by atoms with E-state index in [1.54, 1.807) is 6.20 Å². The van der Waals surface area contributed by atoms with E-state index in [-0.39, 0.29) is 0 Å². The van der Waals surface area contributed by atoms with Crippen molar-refractivity contribution in [3.63, 3.8) is 0 Å². The topological polar surface area (TPSA) is 62.4 Å². The van der Waals surface area contributed by atoms with Crippen LogP contribution >= 0.6 is 0 Å². The second-order valence-corrected chi connectivity index (χ2v) is 4.73. The van der Waals surface area contributed by atoms with Crippen LogP contribution in [0.25, 0.3) is 0 Å². The maximum absolute atomic E-state index is 10.6. The van der Waals surface area contributed by atoms with Gasteiger partial charge < -0.3 is 15.7 Å². The Morgan fingerprint density at radius 1 is 1.35 bits per heavy atom. The molecule has 1 aliphatic heterocycles. The molecule has 0 saturated carbocycles. The summed E-state index contributed by atoms with van der Waals surface area (Å²) in [6.45, 7) is 3.62. The minimum absolute atomic E-state index is 0.736. The standard InChI is InChI=1S/C13H21N3O/c14-7-3-9-16-10-5-13(17,6-11-16)12-4-1-2-8-15-12/h1-2,4,8,17H,3,5-7,9-11,14H2. The van der Waals surface area contributed by atoms with E-state index in [4.69, 9.17) is 5.73 Å². The van der Waals surface area contributed by atoms with Crippen molar-refractivity contribution in [2.24, 2.45) is 5.73 Å². The highest BCUT2D eigenvalue weighted by Gasteiger charge is 2.34. The molecule has 4 nitrogen and oxygen atoms in total. The van der Waals surface area contributed by atoms with Crippen LogP contribution in [0.15, 0.2) is 24.4 Å². The van der Waals surface area contributed by atoms with E-state index in [2.05, 4.69) is 9.88 Å². The number of aromatic nitrogens is 1.